The van der Waals surface area contributed by atoms with E-state index in [1.54, 1.807) is 31.2 Å². The monoisotopic (exact) mass is 368 g/mol. The lowest BCUT2D eigenvalue weighted by Gasteiger charge is -2.17. The van der Waals surface area contributed by atoms with E-state index in [0.717, 1.165) is 16.8 Å². The van der Waals surface area contributed by atoms with Crippen molar-refractivity contribution in [3.63, 3.8) is 0 Å². The Morgan fingerprint density at radius 2 is 1.85 bits per heavy atom. The molecule has 0 bridgehead atoms. The Bertz CT molecular complexity index is 905. The van der Waals surface area contributed by atoms with Gasteiger partial charge in [0.1, 0.15) is 0 Å². The number of carbonyl (C=O) groups is 2. The molecule has 27 heavy (non-hydrogen) atoms. The smallest absolute Gasteiger partial charge is 0.262 e. The third kappa shape index (κ3) is 3.35. The van der Waals surface area contributed by atoms with Crippen molar-refractivity contribution in [2.45, 2.75) is 26.2 Å². The zero-order valence-corrected chi connectivity index (χ0v) is 16.3. The number of nitrogens with one attached hydrogen (secondary N) is 1. The number of amides is 2. The van der Waals surface area contributed by atoms with Gasteiger partial charge >= 0.3 is 0 Å². The summed E-state index contributed by atoms with van der Waals surface area (Å²) in [6.45, 7) is 5.59. The van der Waals surface area contributed by atoms with Crippen LogP contribution in [-0.4, -0.2) is 32.6 Å². The number of anilines is 2. The molecule has 3 rings (SSSR count). The van der Waals surface area contributed by atoms with Crippen LogP contribution in [-0.2, 0) is 15.0 Å². The minimum atomic E-state index is -0.622. The van der Waals surface area contributed by atoms with Crippen LogP contribution in [0.5, 0.6) is 11.5 Å². The fraction of sp³-hybridized carbons (Fsp3) is 0.333. The standard InChI is InChI=1S/C21H24N2O4/c1-13-10-14(11-15-19(13)23(4)20(25)21(15,2)3)22-18(24)12-27-17-9-7-6-8-16(17)26-5/h6-11H,12H2,1-5H3,(H,22,24). The highest BCUT2D eigenvalue weighted by molar-refractivity contribution is 6.08. The van der Waals surface area contributed by atoms with Gasteiger partial charge in [-0.3, -0.25) is 9.59 Å². The zero-order valence-electron chi connectivity index (χ0n) is 16.3. The maximum atomic E-state index is 12.5. The number of benzene rings is 2. The van der Waals surface area contributed by atoms with Crippen LogP contribution in [0.4, 0.5) is 11.4 Å². The predicted octanol–water partition coefficient (Wildman–Crippen LogP) is 3.28. The molecule has 6 nitrogen and oxygen atoms in total. The Kier molecular flexibility index (Phi) is 4.83. The third-order valence-corrected chi connectivity index (χ3v) is 4.86. The number of hydrogen-bond acceptors (Lipinski definition) is 4. The van der Waals surface area contributed by atoms with Gasteiger partial charge in [0.15, 0.2) is 18.1 Å². The molecular formula is C21H24N2O4. The first-order chi connectivity index (χ1) is 12.8. The molecular weight excluding hydrogens is 344 g/mol. The van der Waals surface area contributed by atoms with Gasteiger partial charge in [0.2, 0.25) is 5.91 Å². The topological polar surface area (TPSA) is 67.9 Å². The van der Waals surface area contributed by atoms with Crippen molar-refractivity contribution in [3.8, 4) is 11.5 Å². The lowest BCUT2D eigenvalue weighted by Crippen LogP contribution is -2.33. The van der Waals surface area contributed by atoms with Crippen molar-refractivity contribution in [1.29, 1.82) is 0 Å². The summed E-state index contributed by atoms with van der Waals surface area (Å²) in [4.78, 5) is 26.5. The normalized spacial score (nSPS) is 14.7. The molecule has 1 aliphatic rings. The van der Waals surface area contributed by atoms with Gasteiger partial charge in [-0.15, -0.1) is 0 Å². The Morgan fingerprint density at radius 1 is 1.19 bits per heavy atom. The van der Waals surface area contributed by atoms with Gasteiger partial charge in [0.25, 0.3) is 5.91 Å². The molecule has 1 N–H and O–H groups in total. The summed E-state index contributed by atoms with van der Waals surface area (Å²) < 4.78 is 10.8. The number of fused-ring (bicyclic) bond motifs is 1. The molecule has 0 saturated heterocycles. The Labute approximate surface area is 159 Å². The molecule has 0 aromatic heterocycles. The van der Waals surface area contributed by atoms with Crippen LogP contribution in [0.3, 0.4) is 0 Å². The van der Waals surface area contributed by atoms with Crippen LogP contribution < -0.4 is 19.7 Å². The van der Waals surface area contributed by atoms with Crippen LogP contribution >= 0.6 is 0 Å². The second kappa shape index (κ2) is 6.95. The van der Waals surface area contributed by atoms with E-state index in [1.807, 2.05) is 45.0 Å². The van der Waals surface area contributed by atoms with Gasteiger partial charge < -0.3 is 19.7 Å². The second-order valence-corrected chi connectivity index (χ2v) is 7.17. The van der Waals surface area contributed by atoms with Crippen molar-refractivity contribution < 1.29 is 19.1 Å². The molecule has 6 heteroatoms. The Balaban J connectivity index is 1.75. The molecule has 0 unspecified atom stereocenters. The van der Waals surface area contributed by atoms with Crippen molar-refractivity contribution in [2.24, 2.45) is 0 Å². The van der Waals surface area contributed by atoms with E-state index in [4.69, 9.17) is 9.47 Å². The predicted molar refractivity (Wildman–Crippen MR) is 105 cm³/mol. The van der Waals surface area contributed by atoms with Crippen LogP contribution in [0.2, 0.25) is 0 Å². The zero-order chi connectivity index (χ0) is 19.8. The third-order valence-electron chi connectivity index (χ3n) is 4.86. The first-order valence-corrected chi connectivity index (χ1v) is 8.74. The van der Waals surface area contributed by atoms with Crippen molar-refractivity contribution in [2.75, 3.05) is 31.0 Å². The average molecular weight is 368 g/mol. The highest BCUT2D eigenvalue weighted by atomic mass is 16.5. The van der Waals surface area contributed by atoms with E-state index in [0.29, 0.717) is 17.2 Å². The van der Waals surface area contributed by atoms with Crippen LogP contribution in [0, 0.1) is 6.92 Å². The fourth-order valence-electron chi connectivity index (χ4n) is 3.49. The summed E-state index contributed by atoms with van der Waals surface area (Å²) in [5.74, 6) is 0.843. The van der Waals surface area contributed by atoms with Gasteiger partial charge in [0, 0.05) is 12.7 Å². The molecule has 0 atom stereocenters. The largest absolute Gasteiger partial charge is 0.493 e. The number of hydrogen-bond donors (Lipinski definition) is 1. The van der Waals surface area contributed by atoms with Crippen molar-refractivity contribution >= 4 is 23.2 Å². The molecule has 2 amide bonds. The summed E-state index contributed by atoms with van der Waals surface area (Å²) >= 11 is 0. The lowest BCUT2D eigenvalue weighted by molar-refractivity contribution is -0.121. The number of nitrogens with zero attached hydrogens (tertiary/aromatic N) is 1. The van der Waals surface area contributed by atoms with Gasteiger partial charge in [0.05, 0.1) is 18.2 Å². The van der Waals surface area contributed by atoms with E-state index in [9.17, 15) is 9.59 Å². The molecule has 1 aliphatic heterocycles. The number of methoxy groups -OCH3 is 1. The minimum absolute atomic E-state index is 0.0450. The van der Waals surface area contributed by atoms with Crippen LogP contribution in [0.1, 0.15) is 25.0 Å². The summed E-state index contributed by atoms with van der Waals surface area (Å²) in [5, 5.41) is 2.85. The lowest BCUT2D eigenvalue weighted by atomic mass is 9.85. The SMILES string of the molecule is COc1ccccc1OCC(=O)Nc1cc(C)c2c(c1)C(C)(C)C(=O)N2C. The summed E-state index contributed by atoms with van der Waals surface area (Å²) in [6.07, 6.45) is 0. The van der Waals surface area contributed by atoms with E-state index < -0.39 is 5.41 Å². The number of aryl methyl sites for hydroxylation is 1. The van der Waals surface area contributed by atoms with Crippen LogP contribution in [0.25, 0.3) is 0 Å². The number of carbonyl (C=O) groups excluding carboxylic acids is 2. The first-order valence-electron chi connectivity index (χ1n) is 8.74. The van der Waals surface area contributed by atoms with E-state index >= 15 is 0 Å². The van der Waals surface area contributed by atoms with Gasteiger partial charge in [-0.05, 0) is 56.2 Å². The second-order valence-electron chi connectivity index (χ2n) is 7.17. The molecule has 0 saturated carbocycles. The number of rotatable bonds is 5. The quantitative estimate of drug-likeness (QED) is 0.879. The Hall–Kier alpha value is -3.02. The molecule has 0 spiro atoms. The van der Waals surface area contributed by atoms with E-state index in [1.165, 1.54) is 0 Å². The summed E-state index contributed by atoms with van der Waals surface area (Å²) in [5.41, 5.74) is 2.79. The maximum absolute atomic E-state index is 12.5. The molecule has 0 radical (unpaired) electrons. The van der Waals surface area contributed by atoms with Crippen molar-refractivity contribution in [1.82, 2.24) is 0 Å². The molecule has 0 aliphatic carbocycles. The highest BCUT2D eigenvalue weighted by Crippen LogP contribution is 2.44. The average Bonchev–Trinajstić information content (AvgIpc) is 2.81. The van der Waals surface area contributed by atoms with Crippen LogP contribution in [0.15, 0.2) is 36.4 Å². The molecule has 142 valence electrons. The van der Waals surface area contributed by atoms with Gasteiger partial charge in [-0.2, -0.15) is 0 Å². The van der Waals surface area contributed by atoms with Crippen molar-refractivity contribution in [3.05, 3.63) is 47.5 Å². The molecule has 2 aromatic rings. The number of ether oxygens (including phenoxy) is 2. The fourth-order valence-corrected chi connectivity index (χ4v) is 3.49. The summed E-state index contributed by atoms with van der Waals surface area (Å²) in [6, 6.07) is 10.9. The minimum Gasteiger partial charge on any atom is -0.493 e. The number of para-hydroxylation sites is 2. The van der Waals surface area contributed by atoms with E-state index in [-0.39, 0.29) is 18.4 Å². The van der Waals surface area contributed by atoms with Gasteiger partial charge in [-0.25, -0.2) is 0 Å². The Morgan fingerprint density at radius 3 is 2.52 bits per heavy atom. The first kappa shape index (κ1) is 18.8. The molecule has 1 heterocycles. The maximum Gasteiger partial charge on any atom is 0.262 e. The number of likely N-dealkylation sites (N-methyl/N-ethyl adjacent to an activating group) is 1. The molecule has 2 aromatic carbocycles. The summed E-state index contributed by atoms with van der Waals surface area (Å²) in [7, 11) is 3.33. The molecule has 0 fully saturated rings. The van der Waals surface area contributed by atoms with E-state index in [2.05, 4.69) is 5.32 Å². The highest BCUT2D eigenvalue weighted by Gasteiger charge is 2.43. The van der Waals surface area contributed by atoms with Gasteiger partial charge in [-0.1, -0.05) is 12.1 Å².